The molecule has 0 aromatic heterocycles. The highest BCUT2D eigenvalue weighted by atomic mass is 16.5. The van der Waals surface area contributed by atoms with Crippen LogP contribution in [0.5, 0.6) is 0 Å². The summed E-state index contributed by atoms with van der Waals surface area (Å²) in [6.07, 6.45) is 89.0. The molecule has 0 rings (SSSR count). The summed E-state index contributed by atoms with van der Waals surface area (Å²) in [4.78, 5) is 24.6. The van der Waals surface area contributed by atoms with Gasteiger partial charge in [0.25, 0.3) is 0 Å². The van der Waals surface area contributed by atoms with Crippen LogP contribution in [0.4, 0.5) is 0 Å². The second-order valence-corrected chi connectivity index (χ2v) is 26.0. The topological polar surface area (TPSA) is 95.9 Å². The van der Waals surface area contributed by atoms with E-state index in [-0.39, 0.29) is 18.5 Å². The van der Waals surface area contributed by atoms with Crippen molar-refractivity contribution in [3.8, 4) is 0 Å². The van der Waals surface area contributed by atoms with Crippen molar-refractivity contribution in [2.45, 2.75) is 443 Å². The van der Waals surface area contributed by atoms with Crippen LogP contribution in [-0.4, -0.2) is 47.4 Å². The van der Waals surface area contributed by atoms with E-state index in [1.54, 1.807) is 6.08 Å². The molecule has 0 radical (unpaired) electrons. The smallest absolute Gasteiger partial charge is 0.305 e. The van der Waals surface area contributed by atoms with Gasteiger partial charge in [-0.25, -0.2) is 0 Å². The van der Waals surface area contributed by atoms with Crippen LogP contribution in [0.3, 0.4) is 0 Å². The summed E-state index contributed by atoms with van der Waals surface area (Å²) < 4.78 is 5.52. The normalized spacial score (nSPS) is 12.5. The van der Waals surface area contributed by atoms with Crippen LogP contribution in [-0.2, 0) is 14.3 Å². The maximum absolute atomic E-state index is 12.5. The maximum atomic E-state index is 12.5. The number of hydrogen-bond donors (Lipinski definition) is 3. The Balaban J connectivity index is 3.30. The fourth-order valence-corrected chi connectivity index (χ4v) is 12.1. The molecular weight excluding hydrogens is 995 g/mol. The molecule has 0 spiro atoms. The number of nitrogens with one attached hydrogen (secondary N) is 1. The molecule has 0 aliphatic carbocycles. The number of aliphatic hydroxyl groups is 2. The zero-order valence-electron chi connectivity index (χ0n) is 55.3. The monoisotopic (exact) mass is 1140 g/mol. The summed E-state index contributed by atoms with van der Waals surface area (Å²) in [5.74, 6) is -0.0344. The van der Waals surface area contributed by atoms with Gasteiger partial charge in [0.15, 0.2) is 0 Å². The first-order chi connectivity index (χ1) is 40.0. The number of allylic oxidation sites excluding steroid dienone is 1. The Morgan fingerprint density at radius 1 is 0.333 bits per heavy atom. The third-order valence-electron chi connectivity index (χ3n) is 17.8. The fourth-order valence-electron chi connectivity index (χ4n) is 12.1. The lowest BCUT2D eigenvalue weighted by molar-refractivity contribution is -0.143. The van der Waals surface area contributed by atoms with Crippen LogP contribution in [0, 0.1) is 0 Å². The second kappa shape index (κ2) is 71.1. The first kappa shape index (κ1) is 79.6. The van der Waals surface area contributed by atoms with Crippen molar-refractivity contribution in [2.75, 3.05) is 13.2 Å². The van der Waals surface area contributed by atoms with E-state index in [9.17, 15) is 19.8 Å². The minimum absolute atomic E-state index is 0.0268. The van der Waals surface area contributed by atoms with E-state index in [1.807, 2.05) is 6.08 Å². The van der Waals surface area contributed by atoms with E-state index in [4.69, 9.17) is 4.74 Å². The van der Waals surface area contributed by atoms with Gasteiger partial charge < -0.3 is 20.3 Å². The minimum Gasteiger partial charge on any atom is -0.466 e. The molecule has 0 fully saturated rings. The highest BCUT2D eigenvalue weighted by Crippen LogP contribution is 2.20. The summed E-state index contributed by atoms with van der Waals surface area (Å²) in [6, 6.07) is -0.623. The van der Waals surface area contributed by atoms with Gasteiger partial charge in [0.2, 0.25) is 5.91 Å². The summed E-state index contributed by atoms with van der Waals surface area (Å²) in [7, 11) is 0. The molecule has 1 amide bonds. The van der Waals surface area contributed by atoms with Gasteiger partial charge in [-0.2, -0.15) is 0 Å². The molecule has 81 heavy (non-hydrogen) atoms. The number of amides is 1. The molecule has 0 saturated heterocycles. The number of aliphatic hydroxyl groups excluding tert-OH is 2. The van der Waals surface area contributed by atoms with Gasteiger partial charge in [0, 0.05) is 12.8 Å². The Kier molecular flexibility index (Phi) is 69.9. The third-order valence-corrected chi connectivity index (χ3v) is 17.8. The van der Waals surface area contributed by atoms with Gasteiger partial charge in [-0.1, -0.05) is 398 Å². The summed E-state index contributed by atoms with van der Waals surface area (Å²) in [5, 5.41) is 23.1. The molecule has 2 unspecified atom stereocenters. The van der Waals surface area contributed by atoms with Gasteiger partial charge >= 0.3 is 5.97 Å². The molecular formula is C75H147NO5. The molecule has 0 heterocycles. The Bertz CT molecular complexity index is 1220. The average molecular weight is 1140 g/mol. The van der Waals surface area contributed by atoms with E-state index < -0.39 is 12.1 Å². The van der Waals surface area contributed by atoms with Gasteiger partial charge in [-0.15, -0.1) is 0 Å². The molecule has 0 aromatic carbocycles. The maximum Gasteiger partial charge on any atom is 0.305 e. The lowest BCUT2D eigenvalue weighted by Gasteiger charge is -2.20. The summed E-state index contributed by atoms with van der Waals surface area (Å²) in [6.45, 7) is 4.95. The molecule has 0 aliphatic rings. The fraction of sp³-hybridized carbons (Fsp3) is 0.947. The van der Waals surface area contributed by atoms with Crippen LogP contribution in [0.2, 0.25) is 0 Å². The van der Waals surface area contributed by atoms with Gasteiger partial charge in [-0.05, 0) is 32.1 Å². The predicted molar refractivity (Wildman–Crippen MR) is 357 cm³/mol. The molecule has 482 valence electrons. The Morgan fingerprint density at radius 3 is 0.840 bits per heavy atom. The van der Waals surface area contributed by atoms with Crippen molar-refractivity contribution in [3.05, 3.63) is 12.2 Å². The molecule has 0 aromatic rings. The van der Waals surface area contributed by atoms with Crippen molar-refractivity contribution < 1.29 is 24.5 Å². The van der Waals surface area contributed by atoms with Crippen LogP contribution in [0.25, 0.3) is 0 Å². The number of carbonyl (C=O) groups excluding carboxylic acids is 2. The van der Waals surface area contributed by atoms with Crippen LogP contribution in [0.15, 0.2) is 12.2 Å². The van der Waals surface area contributed by atoms with Crippen LogP contribution < -0.4 is 5.32 Å². The van der Waals surface area contributed by atoms with E-state index >= 15 is 0 Å². The number of esters is 1. The van der Waals surface area contributed by atoms with Crippen molar-refractivity contribution in [3.63, 3.8) is 0 Å². The largest absolute Gasteiger partial charge is 0.466 e. The molecule has 2 atom stereocenters. The lowest BCUT2D eigenvalue weighted by Crippen LogP contribution is -2.45. The standard InChI is InChI=1S/C75H147NO5/c1-3-5-7-9-11-13-15-17-18-19-34-38-41-45-49-53-57-61-65-69-75(80)81-70-66-62-58-54-50-46-42-39-36-33-31-29-27-25-23-21-20-22-24-26-28-30-32-35-37-40-44-48-52-56-60-64-68-74(79)76-72(71-77)73(78)67-63-59-55-51-47-43-16-14-12-10-8-6-4-2/h63,67,72-73,77-78H,3-62,64-66,68-71H2,1-2H3,(H,76,79)/b67-63+. The zero-order valence-corrected chi connectivity index (χ0v) is 55.3. The lowest BCUT2D eigenvalue weighted by atomic mass is 10.0. The van der Waals surface area contributed by atoms with Gasteiger partial charge in [0.1, 0.15) is 0 Å². The van der Waals surface area contributed by atoms with Crippen molar-refractivity contribution >= 4 is 11.9 Å². The Hall–Kier alpha value is -1.40. The number of carbonyl (C=O) groups is 2. The predicted octanol–water partition coefficient (Wildman–Crippen LogP) is 24.3. The third kappa shape index (κ3) is 67.6. The van der Waals surface area contributed by atoms with E-state index in [2.05, 4.69) is 19.2 Å². The average Bonchev–Trinajstić information content (AvgIpc) is 3.47. The van der Waals surface area contributed by atoms with Gasteiger partial charge in [-0.3, -0.25) is 9.59 Å². The minimum atomic E-state index is -0.840. The number of hydrogen-bond acceptors (Lipinski definition) is 5. The molecule has 3 N–H and O–H groups in total. The molecule has 6 heteroatoms. The first-order valence-corrected chi connectivity index (χ1v) is 37.5. The van der Waals surface area contributed by atoms with E-state index in [0.717, 1.165) is 38.5 Å². The number of ether oxygens (including phenoxy) is 1. The summed E-state index contributed by atoms with van der Waals surface area (Å²) >= 11 is 0. The zero-order chi connectivity index (χ0) is 58.5. The molecule has 0 bridgehead atoms. The molecule has 6 nitrogen and oxygen atoms in total. The molecule has 0 saturated carbocycles. The van der Waals surface area contributed by atoms with E-state index in [1.165, 1.54) is 366 Å². The SMILES string of the molecule is CCCCCCCCCCCCC/C=C/C(O)C(CO)NC(=O)CCCCCCCCCCCCCCCCCCCCCCCCCCCCCCCCCCOC(=O)CCCCCCCCCCCCCCCCCCCCC. The van der Waals surface area contributed by atoms with Crippen LogP contribution >= 0.6 is 0 Å². The Morgan fingerprint density at radius 2 is 0.568 bits per heavy atom. The van der Waals surface area contributed by atoms with Crippen molar-refractivity contribution in [1.29, 1.82) is 0 Å². The second-order valence-electron chi connectivity index (χ2n) is 26.0. The number of rotatable bonds is 71. The highest BCUT2D eigenvalue weighted by molar-refractivity contribution is 5.76. The van der Waals surface area contributed by atoms with Gasteiger partial charge in [0.05, 0.1) is 25.4 Å². The van der Waals surface area contributed by atoms with Crippen molar-refractivity contribution in [1.82, 2.24) is 5.32 Å². The summed E-state index contributed by atoms with van der Waals surface area (Å²) in [5.41, 5.74) is 0. The Labute approximate surface area is 508 Å². The van der Waals surface area contributed by atoms with Crippen LogP contribution in [0.1, 0.15) is 431 Å². The first-order valence-electron chi connectivity index (χ1n) is 37.5. The quantitative estimate of drug-likeness (QED) is 0.0320. The van der Waals surface area contributed by atoms with E-state index in [0.29, 0.717) is 19.4 Å². The number of unbranched alkanes of at least 4 members (excludes halogenated alkanes) is 60. The van der Waals surface area contributed by atoms with Crippen molar-refractivity contribution in [2.24, 2.45) is 0 Å². The highest BCUT2D eigenvalue weighted by Gasteiger charge is 2.18. The molecule has 0 aliphatic heterocycles.